The minimum atomic E-state index is 0.727. The summed E-state index contributed by atoms with van der Waals surface area (Å²) >= 11 is 0. The molecule has 0 nitrogen and oxygen atoms in total. The molecule has 1 aromatic rings. The number of rotatable bonds is 2. The lowest BCUT2D eigenvalue weighted by Crippen LogP contribution is -1.94. The van der Waals surface area contributed by atoms with Crippen LogP contribution >= 0.6 is 0 Å². The van der Waals surface area contributed by atoms with Crippen LogP contribution in [0.25, 0.3) is 0 Å². The number of hydrogen-bond donors (Lipinski definition) is 0. The van der Waals surface area contributed by atoms with Crippen molar-refractivity contribution in [3.8, 4) is 5.92 Å². The Labute approximate surface area is 81.0 Å². The first-order valence-corrected chi connectivity index (χ1v) is 4.61. The van der Waals surface area contributed by atoms with Gasteiger partial charge in [0.1, 0.15) is 0 Å². The van der Waals surface area contributed by atoms with Crippen LogP contribution < -0.4 is 0 Å². The molecule has 0 aliphatic rings. The number of benzene rings is 1. The van der Waals surface area contributed by atoms with E-state index >= 15 is 0 Å². The number of aryl methyl sites for hydroxylation is 3. The van der Waals surface area contributed by atoms with Gasteiger partial charge in [0.15, 0.2) is 0 Å². The lowest BCUT2D eigenvalue weighted by atomic mass is 9.96. The van der Waals surface area contributed by atoms with Crippen molar-refractivity contribution in [1.82, 2.24) is 0 Å². The highest BCUT2D eigenvalue weighted by molar-refractivity contribution is 5.37. The average Bonchev–Trinajstić information content (AvgIpc) is 2.02. The molecule has 0 heterocycles. The highest BCUT2D eigenvalue weighted by Gasteiger charge is 2.02. The van der Waals surface area contributed by atoms with Gasteiger partial charge in [-0.05, 0) is 50.3 Å². The van der Waals surface area contributed by atoms with Gasteiger partial charge in [0.05, 0.1) is 0 Å². The predicted molar refractivity (Wildman–Crippen MR) is 56.1 cm³/mol. The summed E-state index contributed by atoms with van der Waals surface area (Å²) in [4.78, 5) is 0. The minimum Gasteiger partial charge on any atom is -0.0888 e. The normalized spacial score (nSPS) is 9.69. The molecule has 0 saturated heterocycles. The topological polar surface area (TPSA) is 0 Å². The summed E-state index contributed by atoms with van der Waals surface area (Å²) in [5.74, 6) is 2.44. The van der Waals surface area contributed by atoms with Gasteiger partial charge < -0.3 is 0 Å². The lowest BCUT2D eigenvalue weighted by Gasteiger charge is -2.09. The van der Waals surface area contributed by atoms with Crippen LogP contribution in [0.4, 0.5) is 0 Å². The van der Waals surface area contributed by atoms with E-state index in [4.69, 9.17) is 6.42 Å². The smallest absolute Gasteiger partial charge is 0.0140 e. The standard InChI is InChI=1S/C13H15/c1-5-6-7-13-11(3)8-10(2)9-12(13)4/h8-9H,6-7H2,2-4H3. The van der Waals surface area contributed by atoms with Crippen LogP contribution in [-0.2, 0) is 6.42 Å². The van der Waals surface area contributed by atoms with Gasteiger partial charge in [0.2, 0.25) is 0 Å². The molecular formula is C13H15. The van der Waals surface area contributed by atoms with E-state index in [2.05, 4.69) is 38.8 Å². The van der Waals surface area contributed by atoms with Crippen molar-refractivity contribution in [1.29, 1.82) is 0 Å². The van der Waals surface area contributed by atoms with Gasteiger partial charge in [0.25, 0.3) is 0 Å². The Balaban J connectivity index is 3.00. The molecule has 0 atom stereocenters. The quantitative estimate of drug-likeness (QED) is 0.600. The Morgan fingerprint density at radius 2 is 1.69 bits per heavy atom. The SMILES string of the molecule is [C]#CCCc1c(C)cc(C)cc1C. The second-order valence-corrected chi connectivity index (χ2v) is 3.55. The molecule has 0 N–H and O–H groups in total. The van der Waals surface area contributed by atoms with Crippen molar-refractivity contribution >= 4 is 0 Å². The van der Waals surface area contributed by atoms with E-state index < -0.39 is 0 Å². The zero-order valence-electron chi connectivity index (χ0n) is 8.57. The zero-order valence-corrected chi connectivity index (χ0v) is 8.57. The molecule has 0 spiro atoms. The first-order chi connectivity index (χ1) is 6.15. The van der Waals surface area contributed by atoms with Crippen LogP contribution in [0.5, 0.6) is 0 Å². The van der Waals surface area contributed by atoms with Gasteiger partial charge in [-0.15, -0.1) is 0 Å². The number of hydrogen-bond acceptors (Lipinski definition) is 0. The Bertz CT molecular complexity index is 317. The van der Waals surface area contributed by atoms with E-state index in [1.54, 1.807) is 0 Å². The van der Waals surface area contributed by atoms with Crippen molar-refractivity contribution in [2.75, 3.05) is 0 Å². The molecule has 0 aliphatic carbocycles. The van der Waals surface area contributed by atoms with E-state index in [0.29, 0.717) is 0 Å². The van der Waals surface area contributed by atoms with Gasteiger partial charge in [0, 0.05) is 6.42 Å². The maximum absolute atomic E-state index is 6.89. The average molecular weight is 171 g/mol. The minimum absolute atomic E-state index is 0.727. The second kappa shape index (κ2) is 4.14. The molecule has 0 unspecified atom stereocenters. The summed E-state index contributed by atoms with van der Waals surface area (Å²) in [6.45, 7) is 6.39. The van der Waals surface area contributed by atoms with Crippen molar-refractivity contribution in [2.24, 2.45) is 0 Å². The van der Waals surface area contributed by atoms with E-state index in [1.165, 1.54) is 22.3 Å². The third kappa shape index (κ3) is 2.36. The predicted octanol–water partition coefficient (Wildman–Crippen LogP) is 3.13. The van der Waals surface area contributed by atoms with Gasteiger partial charge in [-0.25, -0.2) is 0 Å². The summed E-state index contributed by atoms with van der Waals surface area (Å²) in [6.07, 6.45) is 8.56. The van der Waals surface area contributed by atoms with Gasteiger partial charge in [-0.3, -0.25) is 0 Å². The molecule has 0 heteroatoms. The molecule has 67 valence electrons. The molecule has 0 aliphatic heterocycles. The highest BCUT2D eigenvalue weighted by Crippen LogP contribution is 2.17. The third-order valence-corrected chi connectivity index (χ3v) is 2.34. The van der Waals surface area contributed by atoms with E-state index in [-0.39, 0.29) is 0 Å². The maximum atomic E-state index is 6.89. The molecule has 0 bridgehead atoms. The van der Waals surface area contributed by atoms with Crippen LogP contribution in [-0.4, -0.2) is 0 Å². The fourth-order valence-electron chi connectivity index (χ4n) is 1.79. The summed E-state index contributed by atoms with van der Waals surface area (Å²) in [5, 5.41) is 0. The highest BCUT2D eigenvalue weighted by atomic mass is 14.1. The summed E-state index contributed by atoms with van der Waals surface area (Å²) < 4.78 is 0. The van der Waals surface area contributed by atoms with Gasteiger partial charge in [-0.2, -0.15) is 0 Å². The first kappa shape index (κ1) is 9.86. The van der Waals surface area contributed by atoms with E-state index in [1.807, 2.05) is 0 Å². The van der Waals surface area contributed by atoms with Gasteiger partial charge >= 0.3 is 0 Å². The Morgan fingerprint density at radius 1 is 1.15 bits per heavy atom. The first-order valence-electron chi connectivity index (χ1n) is 4.61. The van der Waals surface area contributed by atoms with Crippen LogP contribution in [0.15, 0.2) is 12.1 Å². The van der Waals surface area contributed by atoms with Gasteiger partial charge in [-0.1, -0.05) is 23.6 Å². The van der Waals surface area contributed by atoms with E-state index in [0.717, 1.165) is 12.8 Å². The van der Waals surface area contributed by atoms with E-state index in [9.17, 15) is 0 Å². The molecular weight excluding hydrogens is 156 g/mol. The second-order valence-electron chi connectivity index (χ2n) is 3.55. The Morgan fingerprint density at radius 3 is 2.15 bits per heavy atom. The fourth-order valence-corrected chi connectivity index (χ4v) is 1.79. The molecule has 13 heavy (non-hydrogen) atoms. The van der Waals surface area contributed by atoms with Crippen molar-refractivity contribution in [3.63, 3.8) is 0 Å². The Kier molecular flexibility index (Phi) is 3.14. The molecule has 0 saturated carbocycles. The van der Waals surface area contributed by atoms with Crippen molar-refractivity contribution < 1.29 is 0 Å². The molecule has 1 radical (unpaired) electrons. The largest absolute Gasteiger partial charge is 0.0888 e. The summed E-state index contributed by atoms with van der Waals surface area (Å²) in [7, 11) is 0. The van der Waals surface area contributed by atoms with Crippen molar-refractivity contribution in [2.45, 2.75) is 33.6 Å². The fraction of sp³-hybridized carbons (Fsp3) is 0.385. The van der Waals surface area contributed by atoms with Crippen LogP contribution in [0.3, 0.4) is 0 Å². The Hall–Kier alpha value is -1.22. The van der Waals surface area contributed by atoms with Crippen molar-refractivity contribution in [3.05, 3.63) is 40.8 Å². The third-order valence-electron chi connectivity index (χ3n) is 2.34. The van der Waals surface area contributed by atoms with Crippen LogP contribution in [0.1, 0.15) is 28.7 Å². The molecule has 1 rings (SSSR count). The summed E-state index contributed by atoms with van der Waals surface area (Å²) in [5.41, 5.74) is 5.38. The van der Waals surface area contributed by atoms with Crippen LogP contribution in [0, 0.1) is 33.1 Å². The maximum Gasteiger partial charge on any atom is 0.0140 e. The monoisotopic (exact) mass is 171 g/mol. The molecule has 1 aromatic carbocycles. The molecule has 0 amide bonds. The molecule has 0 aromatic heterocycles. The van der Waals surface area contributed by atoms with Crippen LogP contribution in [0.2, 0.25) is 0 Å². The summed E-state index contributed by atoms with van der Waals surface area (Å²) in [6, 6.07) is 4.40. The molecule has 0 fully saturated rings. The lowest BCUT2D eigenvalue weighted by molar-refractivity contribution is 0.990. The zero-order chi connectivity index (χ0) is 9.84.